The summed E-state index contributed by atoms with van der Waals surface area (Å²) >= 11 is 0. The van der Waals surface area contributed by atoms with Crippen molar-refractivity contribution in [2.45, 2.75) is 26.9 Å². The third-order valence-corrected chi connectivity index (χ3v) is 3.59. The summed E-state index contributed by atoms with van der Waals surface area (Å²) in [5, 5.41) is 10.6. The van der Waals surface area contributed by atoms with Crippen LogP contribution in [0.15, 0.2) is 41.5 Å². The summed E-state index contributed by atoms with van der Waals surface area (Å²) in [5.41, 5.74) is 2.64. The van der Waals surface area contributed by atoms with E-state index in [2.05, 4.69) is 20.7 Å². The Morgan fingerprint density at radius 1 is 1.19 bits per heavy atom. The zero-order chi connectivity index (χ0) is 18.1. The van der Waals surface area contributed by atoms with Crippen LogP contribution in [-0.4, -0.2) is 34.9 Å². The fraction of sp³-hybridized carbons (Fsp3) is 0.389. The Labute approximate surface area is 171 Å². The van der Waals surface area contributed by atoms with Crippen molar-refractivity contribution in [2.75, 3.05) is 13.2 Å². The van der Waals surface area contributed by atoms with Gasteiger partial charge in [0.15, 0.2) is 5.96 Å². The zero-order valence-electron chi connectivity index (χ0n) is 15.4. The molecule has 0 unspecified atom stereocenters. The number of esters is 1. The van der Waals surface area contributed by atoms with Gasteiger partial charge in [0.1, 0.15) is 0 Å². The maximum atomic E-state index is 11.7. The van der Waals surface area contributed by atoms with E-state index in [9.17, 15) is 4.79 Å². The van der Waals surface area contributed by atoms with Gasteiger partial charge in [-0.15, -0.1) is 24.0 Å². The standard InChI is InChI=1S/C18H25N5O2.HI/c1-4-19-18(21-13-16-10-11-22-23(16)3)20-12-14-6-8-15(9-7-14)17(24)25-5-2;/h6-11H,4-5,12-13H2,1-3H3,(H2,19,20,21);1H. The quantitative estimate of drug-likeness (QED) is 0.281. The highest BCUT2D eigenvalue weighted by molar-refractivity contribution is 14.0. The molecule has 1 aromatic carbocycles. The molecule has 2 aromatic rings. The van der Waals surface area contributed by atoms with E-state index in [0.29, 0.717) is 25.3 Å². The second kappa shape index (κ2) is 11.5. The molecule has 0 saturated carbocycles. The Balaban J connectivity index is 0.00000338. The van der Waals surface area contributed by atoms with E-state index in [1.807, 2.05) is 36.9 Å². The predicted molar refractivity (Wildman–Crippen MR) is 113 cm³/mol. The molecule has 142 valence electrons. The van der Waals surface area contributed by atoms with Crippen molar-refractivity contribution in [3.63, 3.8) is 0 Å². The number of aryl methyl sites for hydroxylation is 1. The normalized spacial score (nSPS) is 10.8. The Morgan fingerprint density at radius 2 is 1.92 bits per heavy atom. The van der Waals surface area contributed by atoms with Gasteiger partial charge >= 0.3 is 5.97 Å². The van der Waals surface area contributed by atoms with Crippen LogP contribution in [0.2, 0.25) is 0 Å². The minimum atomic E-state index is -0.302. The van der Waals surface area contributed by atoms with Crippen LogP contribution in [0.3, 0.4) is 0 Å². The lowest BCUT2D eigenvalue weighted by Crippen LogP contribution is -2.37. The molecule has 0 aliphatic carbocycles. The molecular weight excluding hydrogens is 445 g/mol. The van der Waals surface area contributed by atoms with E-state index in [-0.39, 0.29) is 29.9 Å². The van der Waals surface area contributed by atoms with Crippen molar-refractivity contribution in [3.05, 3.63) is 53.3 Å². The summed E-state index contributed by atoms with van der Waals surface area (Å²) in [5.74, 6) is 0.432. The first kappa shape index (κ1) is 21.9. The van der Waals surface area contributed by atoms with E-state index in [0.717, 1.165) is 23.8 Å². The minimum absolute atomic E-state index is 0. The first-order valence-electron chi connectivity index (χ1n) is 8.39. The van der Waals surface area contributed by atoms with Gasteiger partial charge in [-0.05, 0) is 37.6 Å². The van der Waals surface area contributed by atoms with Gasteiger partial charge in [0, 0.05) is 19.8 Å². The molecule has 0 amide bonds. The number of rotatable bonds is 7. The third-order valence-electron chi connectivity index (χ3n) is 3.59. The topological polar surface area (TPSA) is 80.5 Å². The Bertz CT molecular complexity index is 713. The van der Waals surface area contributed by atoms with Gasteiger partial charge in [0.25, 0.3) is 0 Å². The average Bonchev–Trinajstić information content (AvgIpc) is 3.03. The highest BCUT2D eigenvalue weighted by Gasteiger charge is 2.06. The maximum Gasteiger partial charge on any atom is 0.338 e. The predicted octanol–water partition coefficient (Wildman–Crippen LogP) is 2.47. The first-order chi connectivity index (χ1) is 12.1. The summed E-state index contributed by atoms with van der Waals surface area (Å²) < 4.78 is 6.81. The van der Waals surface area contributed by atoms with Gasteiger partial charge in [0.2, 0.25) is 0 Å². The molecule has 1 aromatic heterocycles. The van der Waals surface area contributed by atoms with Gasteiger partial charge in [-0.1, -0.05) is 12.1 Å². The van der Waals surface area contributed by atoms with Gasteiger partial charge in [-0.3, -0.25) is 4.68 Å². The van der Waals surface area contributed by atoms with Gasteiger partial charge in [0.05, 0.1) is 31.0 Å². The SMILES string of the molecule is CCNC(=NCc1ccc(C(=O)OCC)cc1)NCc1ccnn1C.I. The number of halogens is 1. The number of hydrogen-bond donors (Lipinski definition) is 2. The number of guanidine groups is 1. The number of benzene rings is 1. The Morgan fingerprint density at radius 3 is 2.50 bits per heavy atom. The number of carbonyl (C=O) groups excluding carboxylic acids is 1. The molecule has 26 heavy (non-hydrogen) atoms. The number of hydrogen-bond acceptors (Lipinski definition) is 4. The summed E-state index contributed by atoms with van der Waals surface area (Å²) in [6.45, 7) is 6.13. The van der Waals surface area contributed by atoms with Crippen molar-refractivity contribution < 1.29 is 9.53 Å². The molecule has 0 aliphatic heterocycles. The summed E-state index contributed by atoms with van der Waals surface area (Å²) in [4.78, 5) is 16.2. The maximum absolute atomic E-state index is 11.7. The fourth-order valence-corrected chi connectivity index (χ4v) is 2.22. The van der Waals surface area contributed by atoms with Crippen LogP contribution in [0.25, 0.3) is 0 Å². The molecule has 0 fully saturated rings. The number of aliphatic imine (C=N–C) groups is 1. The fourth-order valence-electron chi connectivity index (χ4n) is 2.22. The van der Waals surface area contributed by atoms with Crippen LogP contribution < -0.4 is 10.6 Å². The van der Waals surface area contributed by atoms with Gasteiger partial charge in [-0.25, -0.2) is 9.79 Å². The average molecular weight is 471 g/mol. The lowest BCUT2D eigenvalue weighted by Gasteiger charge is -2.11. The third kappa shape index (κ3) is 6.66. The summed E-state index contributed by atoms with van der Waals surface area (Å²) in [6.07, 6.45) is 1.77. The van der Waals surface area contributed by atoms with Crippen LogP contribution in [-0.2, 0) is 24.9 Å². The molecule has 0 bridgehead atoms. The molecule has 2 N–H and O–H groups in total. The minimum Gasteiger partial charge on any atom is -0.462 e. The van der Waals surface area contributed by atoms with Gasteiger partial charge < -0.3 is 15.4 Å². The molecular formula is C18H26IN5O2. The number of carbonyl (C=O) groups is 1. The largest absolute Gasteiger partial charge is 0.462 e. The molecule has 0 spiro atoms. The lowest BCUT2D eigenvalue weighted by atomic mass is 10.1. The molecule has 8 heteroatoms. The van der Waals surface area contributed by atoms with E-state index < -0.39 is 0 Å². The van der Waals surface area contributed by atoms with Crippen molar-refractivity contribution in [2.24, 2.45) is 12.0 Å². The van der Waals surface area contributed by atoms with E-state index in [1.165, 1.54) is 0 Å². The molecule has 7 nitrogen and oxygen atoms in total. The van der Waals surface area contributed by atoms with Crippen molar-refractivity contribution in [1.29, 1.82) is 0 Å². The number of nitrogens with zero attached hydrogens (tertiary/aromatic N) is 3. The highest BCUT2D eigenvalue weighted by atomic mass is 127. The van der Waals surface area contributed by atoms with E-state index in [4.69, 9.17) is 4.74 Å². The van der Waals surface area contributed by atoms with Crippen LogP contribution in [0.5, 0.6) is 0 Å². The number of ether oxygens (including phenoxy) is 1. The molecule has 0 aliphatic rings. The number of aromatic nitrogens is 2. The lowest BCUT2D eigenvalue weighted by molar-refractivity contribution is 0.0526. The summed E-state index contributed by atoms with van der Waals surface area (Å²) in [7, 11) is 1.91. The highest BCUT2D eigenvalue weighted by Crippen LogP contribution is 2.07. The van der Waals surface area contributed by atoms with E-state index >= 15 is 0 Å². The molecule has 0 saturated heterocycles. The van der Waals surface area contributed by atoms with Crippen LogP contribution >= 0.6 is 24.0 Å². The molecule has 0 radical (unpaired) electrons. The van der Waals surface area contributed by atoms with Crippen molar-refractivity contribution in [1.82, 2.24) is 20.4 Å². The second-order valence-electron chi connectivity index (χ2n) is 5.41. The molecule has 2 rings (SSSR count). The molecule has 1 heterocycles. The monoisotopic (exact) mass is 471 g/mol. The molecule has 0 atom stereocenters. The Kier molecular flexibility index (Phi) is 9.71. The number of nitrogens with one attached hydrogen (secondary N) is 2. The van der Waals surface area contributed by atoms with Gasteiger partial charge in [-0.2, -0.15) is 5.10 Å². The Hall–Kier alpha value is -2.10. The first-order valence-corrected chi connectivity index (χ1v) is 8.39. The van der Waals surface area contributed by atoms with Crippen LogP contribution in [0, 0.1) is 0 Å². The van der Waals surface area contributed by atoms with Crippen molar-refractivity contribution >= 4 is 35.9 Å². The van der Waals surface area contributed by atoms with E-state index in [1.54, 1.807) is 25.3 Å². The van der Waals surface area contributed by atoms with Crippen molar-refractivity contribution in [3.8, 4) is 0 Å². The smallest absolute Gasteiger partial charge is 0.338 e. The van der Waals surface area contributed by atoms with Crippen LogP contribution in [0.1, 0.15) is 35.5 Å². The summed E-state index contributed by atoms with van der Waals surface area (Å²) in [6, 6.07) is 9.27. The zero-order valence-corrected chi connectivity index (χ0v) is 17.7. The van der Waals surface area contributed by atoms with Crippen LogP contribution in [0.4, 0.5) is 0 Å². The second-order valence-corrected chi connectivity index (χ2v) is 5.41.